The van der Waals surface area contributed by atoms with Gasteiger partial charge in [0.05, 0.1) is 28.9 Å². The van der Waals surface area contributed by atoms with Gasteiger partial charge in [0.15, 0.2) is 11.4 Å². The summed E-state index contributed by atoms with van der Waals surface area (Å²) in [5, 5.41) is 10.5. The van der Waals surface area contributed by atoms with Gasteiger partial charge >= 0.3 is 0 Å². The van der Waals surface area contributed by atoms with Gasteiger partial charge in [0.2, 0.25) is 5.82 Å². The first kappa shape index (κ1) is 28.6. The topological polar surface area (TPSA) is 114 Å². The van der Waals surface area contributed by atoms with Crippen LogP contribution in [0.25, 0.3) is 28.1 Å². The number of furan rings is 1. The third-order valence-corrected chi connectivity index (χ3v) is 9.28. The van der Waals surface area contributed by atoms with Crippen molar-refractivity contribution in [1.82, 2.24) is 34.2 Å². The molecule has 11 nitrogen and oxygen atoms in total. The predicted octanol–water partition coefficient (Wildman–Crippen LogP) is 4.60. The highest BCUT2D eigenvalue weighted by Gasteiger charge is 2.41. The number of pyridine rings is 1. The van der Waals surface area contributed by atoms with Gasteiger partial charge in [0.25, 0.3) is 5.91 Å². The van der Waals surface area contributed by atoms with Crippen LogP contribution in [0.15, 0.2) is 89.7 Å². The molecule has 1 amide bonds. The number of carbonyl (C=O) groups excluding carboxylic acids is 1. The quantitative estimate of drug-likeness (QED) is 0.282. The maximum atomic E-state index is 12.9. The molecule has 1 saturated heterocycles. The fraction of sp³-hybridized carbons (Fsp3) is 0.294. The third-order valence-electron chi connectivity index (χ3n) is 9.28. The van der Waals surface area contributed by atoms with Crippen LogP contribution in [0, 0.1) is 0 Å². The number of para-hydroxylation sites is 1. The van der Waals surface area contributed by atoms with E-state index >= 15 is 0 Å². The Balaban J connectivity index is 1.25. The van der Waals surface area contributed by atoms with Crippen LogP contribution in [0.3, 0.4) is 0 Å². The smallest absolute Gasteiger partial charge is 0.255 e. The van der Waals surface area contributed by atoms with Crippen LogP contribution in [-0.2, 0) is 5.54 Å². The molecule has 2 N–H and O–H groups in total. The second kappa shape index (κ2) is 11.1. The zero-order chi connectivity index (χ0) is 31.3. The minimum absolute atomic E-state index is 0.0148. The van der Waals surface area contributed by atoms with Crippen LogP contribution >= 0.6 is 0 Å². The molecule has 1 aliphatic heterocycles. The van der Waals surface area contributed by atoms with E-state index in [1.54, 1.807) is 29.8 Å². The largest absolute Gasteiger partial charge is 0.461 e. The van der Waals surface area contributed by atoms with Crippen LogP contribution in [0.2, 0.25) is 0 Å². The normalized spacial score (nSPS) is 16.2. The maximum absolute atomic E-state index is 12.9. The van der Waals surface area contributed by atoms with E-state index in [1.807, 2.05) is 54.7 Å². The van der Waals surface area contributed by atoms with Crippen LogP contribution in [-0.4, -0.2) is 86.4 Å². The minimum Gasteiger partial charge on any atom is -0.461 e. The van der Waals surface area contributed by atoms with E-state index in [4.69, 9.17) is 20.2 Å². The average Bonchev–Trinajstić information content (AvgIpc) is 3.85. The van der Waals surface area contributed by atoms with Crippen molar-refractivity contribution in [3.05, 3.63) is 96.4 Å². The summed E-state index contributed by atoms with van der Waals surface area (Å²) in [5.74, 6) is 1.53. The third kappa shape index (κ3) is 4.71. The molecule has 0 aliphatic carbocycles. The molecule has 2 aromatic carbocycles. The molecule has 2 atom stereocenters. The van der Waals surface area contributed by atoms with Crippen LogP contribution in [0.5, 0.6) is 0 Å². The first-order chi connectivity index (χ1) is 21.8. The van der Waals surface area contributed by atoms with Crippen molar-refractivity contribution in [2.45, 2.75) is 25.4 Å². The fourth-order valence-electron chi connectivity index (χ4n) is 6.61. The van der Waals surface area contributed by atoms with Gasteiger partial charge in [-0.15, -0.1) is 5.10 Å². The Kier molecular flexibility index (Phi) is 7.04. The molecule has 0 spiro atoms. The van der Waals surface area contributed by atoms with Gasteiger partial charge in [-0.3, -0.25) is 14.4 Å². The Morgan fingerprint density at radius 1 is 1.00 bits per heavy atom. The second-order valence-corrected chi connectivity index (χ2v) is 12.0. The van der Waals surface area contributed by atoms with Crippen molar-refractivity contribution in [3.63, 3.8) is 0 Å². The molecule has 4 aromatic heterocycles. The Morgan fingerprint density at radius 2 is 1.73 bits per heavy atom. The number of nitrogens with two attached hydrogens (primary N) is 1. The number of hydrogen-bond acceptors (Lipinski definition) is 8. The summed E-state index contributed by atoms with van der Waals surface area (Å²) >= 11 is 0. The lowest BCUT2D eigenvalue weighted by atomic mass is 9.84. The zero-order valence-corrected chi connectivity index (χ0v) is 26.0. The summed E-state index contributed by atoms with van der Waals surface area (Å²) in [6, 6.07) is 24.0. The van der Waals surface area contributed by atoms with Crippen molar-refractivity contribution in [3.8, 4) is 11.6 Å². The lowest BCUT2D eigenvalue weighted by molar-refractivity contribution is 0.0827. The standard InChI is InChI=1S/C34H37N9O2/c1-23(40-16-18-41(19-17-40)27-14-9-8-13-25(27)33(44)39(3)4)34(2,24-11-6-5-7-12-24)43-28-21-30(35)42-32(26(28)22-36-43)37-31(38-42)29-15-10-20-45-29/h5-15,20-23H,16-19,35H2,1-4H3. The number of aromatic nitrogens is 5. The molecule has 7 rings (SSSR count). The van der Waals surface area contributed by atoms with E-state index in [2.05, 4.69) is 57.7 Å². The van der Waals surface area contributed by atoms with Gasteiger partial charge < -0.3 is 20.0 Å². The number of amides is 1. The first-order valence-corrected chi connectivity index (χ1v) is 15.2. The molecule has 5 heterocycles. The summed E-state index contributed by atoms with van der Waals surface area (Å²) in [5.41, 5.74) is 10.4. The molecule has 0 saturated carbocycles. The Hall–Kier alpha value is -5.16. The van der Waals surface area contributed by atoms with Gasteiger partial charge in [-0.05, 0) is 43.7 Å². The highest BCUT2D eigenvalue weighted by molar-refractivity contribution is 5.99. The lowest BCUT2D eigenvalue weighted by Gasteiger charge is -2.47. The summed E-state index contributed by atoms with van der Waals surface area (Å²) in [6.45, 7) is 7.78. The zero-order valence-electron chi connectivity index (χ0n) is 26.0. The van der Waals surface area contributed by atoms with Crippen molar-refractivity contribution < 1.29 is 9.21 Å². The monoisotopic (exact) mass is 603 g/mol. The molecule has 0 radical (unpaired) electrons. The summed E-state index contributed by atoms with van der Waals surface area (Å²) in [4.78, 5) is 24.2. The van der Waals surface area contributed by atoms with Crippen molar-refractivity contribution in [2.75, 3.05) is 50.9 Å². The highest BCUT2D eigenvalue weighted by atomic mass is 16.3. The number of nitrogen functional groups attached to an aromatic ring is 1. The predicted molar refractivity (Wildman–Crippen MR) is 175 cm³/mol. The van der Waals surface area contributed by atoms with Gasteiger partial charge in [-0.25, -0.2) is 4.98 Å². The SMILES string of the molecule is CC(N1CCN(c2ccccc2C(=O)N(C)C)CC1)C(C)(c1ccccc1)n1ncc2c1cc(N)n1nc(-c3ccco3)nc21. The van der Waals surface area contributed by atoms with E-state index < -0.39 is 5.54 Å². The lowest BCUT2D eigenvalue weighted by Crippen LogP contribution is -2.57. The van der Waals surface area contributed by atoms with E-state index in [9.17, 15) is 4.79 Å². The van der Waals surface area contributed by atoms with Crippen molar-refractivity contribution in [1.29, 1.82) is 0 Å². The maximum Gasteiger partial charge on any atom is 0.255 e. The minimum atomic E-state index is -0.557. The molecule has 6 aromatic rings. The van der Waals surface area contributed by atoms with Crippen LogP contribution < -0.4 is 10.6 Å². The number of hydrogen-bond donors (Lipinski definition) is 1. The molecule has 2 unspecified atom stereocenters. The second-order valence-electron chi connectivity index (χ2n) is 12.0. The molecular formula is C34H37N9O2. The summed E-state index contributed by atoms with van der Waals surface area (Å²) < 4.78 is 9.29. The van der Waals surface area contributed by atoms with E-state index in [-0.39, 0.29) is 11.9 Å². The molecule has 1 aliphatic rings. The van der Waals surface area contributed by atoms with Crippen molar-refractivity contribution >= 4 is 34.0 Å². The number of nitrogens with zero attached hydrogens (tertiary/aromatic N) is 8. The summed E-state index contributed by atoms with van der Waals surface area (Å²) in [6.07, 6.45) is 3.46. The summed E-state index contributed by atoms with van der Waals surface area (Å²) in [7, 11) is 3.59. The fourth-order valence-corrected chi connectivity index (χ4v) is 6.61. The average molecular weight is 604 g/mol. The Bertz CT molecular complexity index is 1970. The number of benzene rings is 2. The van der Waals surface area contributed by atoms with Gasteiger partial charge in [0.1, 0.15) is 11.4 Å². The van der Waals surface area contributed by atoms with Gasteiger partial charge in [-0.1, -0.05) is 42.5 Å². The van der Waals surface area contributed by atoms with Gasteiger partial charge in [-0.2, -0.15) is 9.61 Å². The van der Waals surface area contributed by atoms with Crippen molar-refractivity contribution in [2.24, 2.45) is 0 Å². The Morgan fingerprint density at radius 3 is 2.44 bits per heavy atom. The highest BCUT2D eigenvalue weighted by Crippen LogP contribution is 2.37. The van der Waals surface area contributed by atoms with E-state index in [1.165, 1.54) is 0 Å². The number of anilines is 2. The molecule has 230 valence electrons. The number of carbonyl (C=O) groups is 1. The first-order valence-electron chi connectivity index (χ1n) is 15.2. The molecular weight excluding hydrogens is 566 g/mol. The number of fused-ring (bicyclic) bond motifs is 3. The Labute approximate surface area is 261 Å². The van der Waals surface area contributed by atoms with Gasteiger partial charge in [0, 0.05) is 58.1 Å². The molecule has 0 bridgehead atoms. The van der Waals surface area contributed by atoms with Crippen LogP contribution in [0.1, 0.15) is 29.8 Å². The molecule has 45 heavy (non-hydrogen) atoms. The van der Waals surface area contributed by atoms with E-state index in [0.29, 0.717) is 23.0 Å². The number of rotatable bonds is 7. The van der Waals surface area contributed by atoms with E-state index in [0.717, 1.165) is 53.9 Å². The molecule has 11 heteroatoms. The van der Waals surface area contributed by atoms with Crippen LogP contribution in [0.4, 0.5) is 11.5 Å². The number of piperazine rings is 1. The molecule has 1 fully saturated rings.